The number of carbonyl (C=O) groups excluding carboxylic acids is 1. The van der Waals surface area contributed by atoms with Gasteiger partial charge in [0.25, 0.3) is 5.91 Å². The van der Waals surface area contributed by atoms with Crippen molar-refractivity contribution in [2.24, 2.45) is 0 Å². The fourth-order valence-electron chi connectivity index (χ4n) is 3.55. The second kappa shape index (κ2) is 6.96. The van der Waals surface area contributed by atoms with Gasteiger partial charge < -0.3 is 15.4 Å². The molecule has 0 radical (unpaired) electrons. The molecule has 26 heavy (non-hydrogen) atoms. The maximum absolute atomic E-state index is 12.6. The molecule has 0 saturated carbocycles. The van der Waals surface area contributed by atoms with Gasteiger partial charge >= 0.3 is 5.97 Å². The Labute approximate surface area is 155 Å². The molecule has 3 N–H and O–H groups in total. The number of nitrogens with one attached hydrogen (secondary N) is 2. The number of aryl methyl sites for hydroxylation is 2. The molecule has 3 aromatic rings. The molecule has 0 fully saturated rings. The Morgan fingerprint density at radius 1 is 1.23 bits per heavy atom. The van der Waals surface area contributed by atoms with Crippen LogP contribution < -0.4 is 5.32 Å². The smallest absolute Gasteiger partial charge is 0.326 e. The van der Waals surface area contributed by atoms with Gasteiger partial charge in [-0.1, -0.05) is 18.2 Å². The van der Waals surface area contributed by atoms with E-state index in [-0.39, 0.29) is 12.3 Å². The van der Waals surface area contributed by atoms with Crippen molar-refractivity contribution in [3.63, 3.8) is 0 Å². The molecule has 5 nitrogen and oxygen atoms in total. The summed E-state index contributed by atoms with van der Waals surface area (Å²) in [6.07, 6.45) is 6.41. The highest BCUT2D eigenvalue weighted by Crippen LogP contribution is 2.29. The average Bonchev–Trinajstić information content (AvgIpc) is 3.25. The Bertz CT molecular complexity index is 949. The number of rotatable bonds is 5. The molecule has 2 heterocycles. The number of carboxylic acids is 1. The molecule has 0 saturated heterocycles. The second-order valence-corrected chi connectivity index (χ2v) is 7.83. The van der Waals surface area contributed by atoms with Crippen LogP contribution in [0.5, 0.6) is 0 Å². The Morgan fingerprint density at radius 2 is 2.04 bits per heavy atom. The van der Waals surface area contributed by atoms with Crippen LogP contribution in [0.1, 0.15) is 38.5 Å². The van der Waals surface area contributed by atoms with Crippen LogP contribution in [-0.2, 0) is 24.1 Å². The number of hydrogen-bond acceptors (Lipinski definition) is 3. The number of aromatic amines is 1. The van der Waals surface area contributed by atoms with E-state index in [4.69, 9.17) is 0 Å². The number of carbonyl (C=O) groups is 2. The van der Waals surface area contributed by atoms with Gasteiger partial charge in [-0.2, -0.15) is 0 Å². The van der Waals surface area contributed by atoms with E-state index in [0.717, 1.165) is 42.1 Å². The van der Waals surface area contributed by atoms with Gasteiger partial charge in [0.15, 0.2) is 0 Å². The van der Waals surface area contributed by atoms with Crippen molar-refractivity contribution in [1.29, 1.82) is 0 Å². The van der Waals surface area contributed by atoms with Crippen molar-refractivity contribution in [2.45, 2.75) is 38.1 Å². The van der Waals surface area contributed by atoms with E-state index >= 15 is 0 Å². The monoisotopic (exact) mass is 368 g/mol. The predicted molar refractivity (Wildman–Crippen MR) is 102 cm³/mol. The summed E-state index contributed by atoms with van der Waals surface area (Å²) in [6, 6.07) is 8.72. The van der Waals surface area contributed by atoms with Crippen LogP contribution in [0.3, 0.4) is 0 Å². The number of fused-ring (bicyclic) bond motifs is 2. The third-order valence-electron chi connectivity index (χ3n) is 4.92. The van der Waals surface area contributed by atoms with Gasteiger partial charge in [0.05, 0.1) is 4.88 Å². The summed E-state index contributed by atoms with van der Waals surface area (Å²) in [5.41, 5.74) is 3.09. The van der Waals surface area contributed by atoms with Crippen molar-refractivity contribution in [3.05, 3.63) is 57.4 Å². The summed E-state index contributed by atoms with van der Waals surface area (Å²) in [4.78, 5) is 29.3. The lowest BCUT2D eigenvalue weighted by Crippen LogP contribution is -2.42. The SMILES string of the molecule is O=C(NC(Cc1c[nH]c2ccccc12)C(=O)O)c1cc2c(s1)CCCC2. The molecular weight excluding hydrogens is 348 g/mol. The van der Waals surface area contributed by atoms with Crippen LogP contribution in [0.2, 0.25) is 0 Å². The summed E-state index contributed by atoms with van der Waals surface area (Å²) >= 11 is 1.50. The number of amides is 1. The van der Waals surface area contributed by atoms with E-state index in [9.17, 15) is 14.7 Å². The molecule has 1 unspecified atom stereocenters. The normalized spacial score (nSPS) is 14.8. The van der Waals surface area contributed by atoms with Crippen LogP contribution in [0.25, 0.3) is 10.9 Å². The summed E-state index contributed by atoms with van der Waals surface area (Å²) in [5.74, 6) is -1.32. The van der Waals surface area contributed by atoms with Gasteiger partial charge in [0.2, 0.25) is 0 Å². The van der Waals surface area contributed by atoms with Gasteiger partial charge in [-0.3, -0.25) is 4.79 Å². The van der Waals surface area contributed by atoms with E-state index in [1.807, 2.05) is 36.5 Å². The maximum Gasteiger partial charge on any atom is 0.326 e. The van der Waals surface area contributed by atoms with Crippen molar-refractivity contribution in [1.82, 2.24) is 10.3 Å². The van der Waals surface area contributed by atoms with E-state index in [0.29, 0.717) is 4.88 Å². The molecule has 6 heteroatoms. The largest absolute Gasteiger partial charge is 0.480 e. The summed E-state index contributed by atoms with van der Waals surface area (Å²) < 4.78 is 0. The lowest BCUT2D eigenvalue weighted by molar-refractivity contribution is -0.139. The molecule has 1 amide bonds. The molecule has 1 aliphatic rings. The van der Waals surface area contributed by atoms with E-state index in [1.54, 1.807) is 0 Å². The number of aromatic nitrogens is 1. The van der Waals surface area contributed by atoms with Gasteiger partial charge in [0, 0.05) is 28.4 Å². The number of para-hydroxylation sites is 1. The van der Waals surface area contributed by atoms with Gasteiger partial charge in [-0.25, -0.2) is 4.79 Å². The highest BCUT2D eigenvalue weighted by molar-refractivity contribution is 7.14. The maximum atomic E-state index is 12.6. The highest BCUT2D eigenvalue weighted by Gasteiger charge is 2.24. The molecule has 1 aliphatic carbocycles. The average molecular weight is 368 g/mol. The third kappa shape index (κ3) is 3.24. The summed E-state index contributed by atoms with van der Waals surface area (Å²) in [7, 11) is 0. The molecule has 0 bridgehead atoms. The zero-order valence-corrected chi connectivity index (χ0v) is 15.1. The van der Waals surface area contributed by atoms with Crippen molar-refractivity contribution in [3.8, 4) is 0 Å². The Balaban J connectivity index is 1.52. The lowest BCUT2D eigenvalue weighted by atomic mass is 9.99. The number of benzene rings is 1. The van der Waals surface area contributed by atoms with Gasteiger partial charge in [0.1, 0.15) is 6.04 Å². The first-order chi connectivity index (χ1) is 12.6. The fourth-order valence-corrected chi connectivity index (χ4v) is 4.71. The molecular formula is C20H20N2O3S. The topological polar surface area (TPSA) is 82.2 Å². The molecule has 0 aliphatic heterocycles. The Kier molecular flexibility index (Phi) is 4.51. The van der Waals surface area contributed by atoms with E-state index < -0.39 is 12.0 Å². The number of carboxylic acid groups (broad SMARTS) is 1. The number of thiophene rings is 1. The summed E-state index contributed by atoms with van der Waals surface area (Å²) in [6.45, 7) is 0. The van der Waals surface area contributed by atoms with Crippen LogP contribution >= 0.6 is 11.3 Å². The molecule has 1 aromatic carbocycles. The molecule has 1 atom stereocenters. The van der Waals surface area contributed by atoms with Crippen LogP contribution in [0.4, 0.5) is 0 Å². The van der Waals surface area contributed by atoms with Crippen molar-refractivity contribution in [2.75, 3.05) is 0 Å². The molecule has 2 aromatic heterocycles. The van der Waals surface area contributed by atoms with Crippen LogP contribution in [0.15, 0.2) is 36.5 Å². The first kappa shape index (κ1) is 16.8. The number of hydrogen-bond donors (Lipinski definition) is 3. The predicted octanol–water partition coefficient (Wildman–Crippen LogP) is 3.53. The van der Waals surface area contributed by atoms with Crippen LogP contribution in [0, 0.1) is 0 Å². The van der Waals surface area contributed by atoms with Crippen LogP contribution in [-0.4, -0.2) is 28.0 Å². The first-order valence-corrected chi connectivity index (χ1v) is 9.63. The quantitative estimate of drug-likeness (QED) is 0.644. The van der Waals surface area contributed by atoms with Gasteiger partial charge in [-0.05, 0) is 48.9 Å². The van der Waals surface area contributed by atoms with E-state index in [1.165, 1.54) is 21.8 Å². The zero-order chi connectivity index (χ0) is 18.1. The first-order valence-electron chi connectivity index (χ1n) is 8.82. The minimum Gasteiger partial charge on any atom is -0.480 e. The standard InChI is InChI=1S/C20H20N2O3S/c23-19(18-10-12-5-1-4-8-17(12)26-18)22-16(20(24)25)9-13-11-21-15-7-3-2-6-14(13)15/h2-3,6-7,10-11,16,21H,1,4-5,8-9H2,(H,22,23)(H,24,25). The summed E-state index contributed by atoms with van der Waals surface area (Å²) in [5, 5.41) is 13.3. The van der Waals surface area contributed by atoms with Crippen molar-refractivity contribution < 1.29 is 14.7 Å². The molecule has 134 valence electrons. The molecule has 4 rings (SSSR count). The van der Waals surface area contributed by atoms with Gasteiger partial charge in [-0.15, -0.1) is 11.3 Å². The van der Waals surface area contributed by atoms with Crippen molar-refractivity contribution >= 4 is 34.1 Å². The zero-order valence-electron chi connectivity index (χ0n) is 14.2. The Hall–Kier alpha value is -2.60. The fraction of sp³-hybridized carbons (Fsp3) is 0.300. The highest BCUT2D eigenvalue weighted by atomic mass is 32.1. The Morgan fingerprint density at radius 3 is 2.85 bits per heavy atom. The lowest BCUT2D eigenvalue weighted by Gasteiger charge is -2.13. The number of H-pyrrole nitrogens is 1. The minimum absolute atomic E-state index is 0.246. The minimum atomic E-state index is -1.02. The molecule has 0 spiro atoms. The second-order valence-electron chi connectivity index (χ2n) is 6.69. The van der Waals surface area contributed by atoms with E-state index in [2.05, 4.69) is 10.3 Å². The third-order valence-corrected chi connectivity index (χ3v) is 6.16. The number of aliphatic carboxylic acids is 1.